The lowest BCUT2D eigenvalue weighted by Crippen LogP contribution is -2.16. The van der Waals surface area contributed by atoms with Gasteiger partial charge in [0.1, 0.15) is 28.9 Å². The number of hydrogen-bond donors (Lipinski definition) is 0. The van der Waals surface area contributed by atoms with Gasteiger partial charge in [-0.05, 0) is 62.3 Å². The number of rotatable bonds is 5. The van der Waals surface area contributed by atoms with Crippen molar-refractivity contribution >= 4 is 39.1 Å². The summed E-state index contributed by atoms with van der Waals surface area (Å²) in [6, 6.07) is 5.46. The molecule has 154 valence electrons. The second-order valence-corrected chi connectivity index (χ2v) is 10.2. The van der Waals surface area contributed by atoms with Crippen molar-refractivity contribution in [2.45, 2.75) is 49.5 Å². The minimum atomic E-state index is 0.0841. The lowest BCUT2D eigenvalue weighted by molar-refractivity contribution is 0.102. The van der Waals surface area contributed by atoms with E-state index in [1.54, 1.807) is 17.8 Å². The van der Waals surface area contributed by atoms with Gasteiger partial charge >= 0.3 is 0 Å². The number of aromatic nitrogens is 2. The Labute approximate surface area is 183 Å². The Morgan fingerprint density at radius 2 is 1.93 bits per heavy atom. The monoisotopic (exact) mass is 438 g/mol. The third kappa shape index (κ3) is 3.38. The van der Waals surface area contributed by atoms with E-state index in [4.69, 9.17) is 19.4 Å². The Hall–Kier alpha value is -2.12. The van der Waals surface area contributed by atoms with Crippen LogP contribution in [0.3, 0.4) is 0 Å². The smallest absolute Gasteiger partial charge is 0.173 e. The van der Waals surface area contributed by atoms with Crippen LogP contribution in [0.2, 0.25) is 0 Å². The molecule has 0 atom stereocenters. The van der Waals surface area contributed by atoms with E-state index >= 15 is 0 Å². The molecule has 1 saturated carbocycles. The van der Waals surface area contributed by atoms with E-state index in [1.807, 2.05) is 23.5 Å². The van der Waals surface area contributed by atoms with Gasteiger partial charge in [0.25, 0.3) is 0 Å². The first-order valence-corrected chi connectivity index (χ1v) is 12.4. The standard InChI is InChI=1S/C23H22N2O3S2/c26-16(14-7-8-17-18(11-14)28-10-9-27-17)12-29-22-20-15-3-1-2-4-19(15)30-23(20)25-21(24-22)13-5-6-13/h7-8,11,13H,1-6,9-10,12H2. The number of ether oxygens (including phenoxy) is 2. The van der Waals surface area contributed by atoms with Crippen LogP contribution < -0.4 is 9.47 Å². The molecule has 0 amide bonds. The third-order valence-electron chi connectivity index (χ3n) is 5.95. The van der Waals surface area contributed by atoms with Gasteiger partial charge in [0, 0.05) is 21.7 Å². The van der Waals surface area contributed by atoms with Gasteiger partial charge in [-0.2, -0.15) is 0 Å². The molecule has 2 aliphatic carbocycles. The molecule has 5 nitrogen and oxygen atoms in total. The first kappa shape index (κ1) is 18.6. The Bertz CT molecular complexity index is 1150. The maximum atomic E-state index is 12.9. The van der Waals surface area contributed by atoms with Gasteiger partial charge in [-0.15, -0.1) is 11.3 Å². The van der Waals surface area contributed by atoms with Crippen LogP contribution in [0.25, 0.3) is 10.2 Å². The van der Waals surface area contributed by atoms with E-state index in [9.17, 15) is 4.79 Å². The molecular formula is C23H22N2O3S2. The van der Waals surface area contributed by atoms with E-state index in [1.165, 1.54) is 41.5 Å². The third-order valence-corrected chi connectivity index (χ3v) is 8.11. The molecule has 0 radical (unpaired) electrons. The highest BCUT2D eigenvalue weighted by Crippen LogP contribution is 2.44. The maximum absolute atomic E-state index is 12.9. The second kappa shape index (κ2) is 7.54. The SMILES string of the molecule is O=C(CSc1nc(C2CC2)nc2sc3c(c12)CCCC3)c1ccc2c(c1)OCCO2. The molecule has 3 aliphatic rings. The first-order chi connectivity index (χ1) is 14.8. The fourth-order valence-electron chi connectivity index (χ4n) is 4.20. The van der Waals surface area contributed by atoms with Gasteiger partial charge in [-0.25, -0.2) is 9.97 Å². The van der Waals surface area contributed by atoms with Crippen LogP contribution in [0, 0.1) is 0 Å². The zero-order chi connectivity index (χ0) is 20.1. The molecule has 0 bridgehead atoms. The van der Waals surface area contributed by atoms with Crippen LogP contribution >= 0.6 is 23.1 Å². The molecule has 0 saturated heterocycles. The summed E-state index contributed by atoms with van der Waals surface area (Å²) < 4.78 is 11.2. The fraction of sp³-hybridized carbons (Fsp3) is 0.435. The summed E-state index contributed by atoms with van der Waals surface area (Å²) in [6.07, 6.45) is 7.09. The molecule has 3 heterocycles. The number of aryl methyl sites for hydroxylation is 2. The molecule has 0 spiro atoms. The van der Waals surface area contributed by atoms with Crippen LogP contribution in [-0.4, -0.2) is 34.7 Å². The quantitative estimate of drug-likeness (QED) is 0.310. The predicted octanol–water partition coefficient (Wildman–Crippen LogP) is 5.19. The number of hydrogen-bond acceptors (Lipinski definition) is 7. The molecule has 3 aromatic rings. The molecule has 1 fully saturated rings. The zero-order valence-electron chi connectivity index (χ0n) is 16.6. The van der Waals surface area contributed by atoms with Gasteiger partial charge in [-0.1, -0.05) is 11.8 Å². The van der Waals surface area contributed by atoms with Gasteiger partial charge in [0.2, 0.25) is 0 Å². The Balaban J connectivity index is 1.30. The second-order valence-electron chi connectivity index (χ2n) is 8.12. The summed E-state index contributed by atoms with van der Waals surface area (Å²) in [5.41, 5.74) is 2.09. The molecule has 0 unspecified atom stereocenters. The van der Waals surface area contributed by atoms with Gasteiger partial charge in [0.05, 0.1) is 5.75 Å². The van der Waals surface area contributed by atoms with Crippen molar-refractivity contribution in [3.8, 4) is 11.5 Å². The Morgan fingerprint density at radius 3 is 2.80 bits per heavy atom. The van der Waals surface area contributed by atoms with E-state index in [2.05, 4.69) is 0 Å². The largest absolute Gasteiger partial charge is 0.486 e. The average Bonchev–Trinajstić information content (AvgIpc) is 3.57. The Kier molecular flexibility index (Phi) is 4.68. The number of carbonyl (C=O) groups excluding carboxylic acids is 1. The van der Waals surface area contributed by atoms with E-state index in [0.717, 1.165) is 28.5 Å². The van der Waals surface area contributed by atoms with Crippen LogP contribution in [0.4, 0.5) is 0 Å². The molecule has 2 aromatic heterocycles. The summed E-state index contributed by atoms with van der Waals surface area (Å²) >= 11 is 3.40. The van der Waals surface area contributed by atoms with Crippen molar-refractivity contribution in [3.05, 3.63) is 40.0 Å². The van der Waals surface area contributed by atoms with E-state index in [-0.39, 0.29) is 5.78 Å². The van der Waals surface area contributed by atoms with Crippen molar-refractivity contribution < 1.29 is 14.3 Å². The van der Waals surface area contributed by atoms with E-state index < -0.39 is 0 Å². The van der Waals surface area contributed by atoms with Crippen molar-refractivity contribution in [1.29, 1.82) is 0 Å². The van der Waals surface area contributed by atoms with Crippen molar-refractivity contribution in [3.63, 3.8) is 0 Å². The van der Waals surface area contributed by atoms with Crippen molar-refractivity contribution in [2.24, 2.45) is 0 Å². The van der Waals surface area contributed by atoms with Gasteiger partial charge < -0.3 is 9.47 Å². The molecule has 1 aliphatic heterocycles. The Morgan fingerprint density at radius 1 is 1.10 bits per heavy atom. The maximum Gasteiger partial charge on any atom is 0.173 e. The number of thiophene rings is 1. The number of fused-ring (bicyclic) bond motifs is 4. The lowest BCUT2D eigenvalue weighted by atomic mass is 9.97. The fourth-order valence-corrected chi connectivity index (χ4v) is 6.49. The van der Waals surface area contributed by atoms with Crippen LogP contribution in [-0.2, 0) is 12.8 Å². The first-order valence-electron chi connectivity index (χ1n) is 10.6. The summed E-state index contributed by atoms with van der Waals surface area (Å²) in [4.78, 5) is 25.4. The number of benzene rings is 1. The highest BCUT2D eigenvalue weighted by atomic mass is 32.2. The normalized spacial score (nSPS) is 17.7. The van der Waals surface area contributed by atoms with Crippen molar-refractivity contribution in [2.75, 3.05) is 19.0 Å². The van der Waals surface area contributed by atoms with E-state index in [0.29, 0.717) is 41.9 Å². The van der Waals surface area contributed by atoms with Crippen LogP contribution in [0.5, 0.6) is 11.5 Å². The summed E-state index contributed by atoms with van der Waals surface area (Å²) in [5, 5.41) is 2.20. The molecule has 6 rings (SSSR count). The minimum Gasteiger partial charge on any atom is -0.486 e. The van der Waals surface area contributed by atoms with Crippen LogP contribution in [0.1, 0.15) is 58.2 Å². The molecule has 1 aromatic carbocycles. The topological polar surface area (TPSA) is 61.3 Å². The van der Waals surface area contributed by atoms with Gasteiger partial charge in [-0.3, -0.25) is 4.79 Å². The molecule has 0 N–H and O–H groups in total. The van der Waals surface area contributed by atoms with Crippen molar-refractivity contribution in [1.82, 2.24) is 9.97 Å². The number of Topliss-reactive ketones (excluding diaryl/α,β-unsaturated/α-hetero) is 1. The number of ketones is 1. The zero-order valence-corrected chi connectivity index (χ0v) is 18.2. The number of carbonyl (C=O) groups is 1. The van der Waals surface area contributed by atoms with Crippen LogP contribution in [0.15, 0.2) is 23.2 Å². The lowest BCUT2D eigenvalue weighted by Gasteiger charge is -2.18. The number of nitrogens with zero attached hydrogens (tertiary/aromatic N) is 2. The molecule has 7 heteroatoms. The summed E-state index contributed by atoms with van der Waals surface area (Å²) in [6.45, 7) is 1.07. The summed E-state index contributed by atoms with van der Waals surface area (Å²) in [7, 11) is 0. The average molecular weight is 439 g/mol. The molecular weight excluding hydrogens is 416 g/mol. The highest BCUT2D eigenvalue weighted by molar-refractivity contribution is 8.00. The number of thioether (sulfide) groups is 1. The predicted molar refractivity (Wildman–Crippen MR) is 119 cm³/mol. The van der Waals surface area contributed by atoms with Gasteiger partial charge in [0.15, 0.2) is 17.3 Å². The summed E-state index contributed by atoms with van der Waals surface area (Å²) in [5.74, 6) is 3.28. The molecule has 30 heavy (non-hydrogen) atoms. The highest BCUT2D eigenvalue weighted by Gasteiger charge is 2.30. The minimum absolute atomic E-state index is 0.0841.